The average Bonchev–Trinajstić information content (AvgIpc) is 3.36. The first-order valence-electron chi connectivity index (χ1n) is 8.74. The molecule has 0 saturated carbocycles. The molecule has 1 aliphatic heterocycles. The number of fused-ring (bicyclic) bond motifs is 2. The topological polar surface area (TPSA) is 152 Å². The number of benzene rings is 1. The predicted octanol–water partition coefficient (Wildman–Crippen LogP) is 0.527. The third kappa shape index (κ3) is 2.83. The molecule has 4 aromatic rings. The Morgan fingerprint density at radius 1 is 1.31 bits per heavy atom. The molecule has 12 heteroatoms. The SMILES string of the molecule is Nc1nc2c(nc(-c3nc4ccccc4s3)n2[C@@H]2O[C@H](CO)[C@@H](O)[C@H]2S)c(=O)[nH]1. The number of H-pyrrole nitrogens is 1. The van der Waals surface area contributed by atoms with Crippen LogP contribution in [-0.2, 0) is 4.74 Å². The standard InChI is InChI=1S/C17H16N6O4S2/c18-17-21-12-9(14(26)22-17)20-13(15-19-6-3-1-2-4-8(6)29-15)23(12)16-11(28)10(25)7(5-24)27-16/h1-4,7,10-11,16,24-25,28H,5H2,(H3,18,21,22,26)/t7-,10-,11-,16-/m1/s1. The number of rotatable bonds is 3. The minimum absolute atomic E-state index is 0.0690. The number of thiazole rings is 1. The number of nitrogens with two attached hydrogens (primary N) is 1. The Morgan fingerprint density at radius 2 is 2.10 bits per heavy atom. The summed E-state index contributed by atoms with van der Waals surface area (Å²) in [5.74, 6) is 0.270. The highest BCUT2D eigenvalue weighted by molar-refractivity contribution is 7.81. The van der Waals surface area contributed by atoms with Crippen molar-refractivity contribution in [1.29, 1.82) is 0 Å². The number of ether oxygens (including phenoxy) is 1. The minimum Gasteiger partial charge on any atom is -0.394 e. The third-order valence-corrected chi connectivity index (χ3v) is 6.42. The van der Waals surface area contributed by atoms with Gasteiger partial charge in [0.15, 0.2) is 28.2 Å². The highest BCUT2D eigenvalue weighted by Gasteiger charge is 2.44. The van der Waals surface area contributed by atoms with Crippen LogP contribution in [-0.4, -0.2) is 58.8 Å². The number of hydrogen-bond donors (Lipinski definition) is 5. The lowest BCUT2D eigenvalue weighted by atomic mass is 10.2. The van der Waals surface area contributed by atoms with E-state index in [1.54, 1.807) is 4.57 Å². The monoisotopic (exact) mass is 432 g/mol. The number of aliphatic hydroxyl groups is 2. The molecule has 5 rings (SSSR count). The van der Waals surface area contributed by atoms with Crippen molar-refractivity contribution in [2.24, 2.45) is 0 Å². The molecular weight excluding hydrogens is 416 g/mol. The van der Waals surface area contributed by atoms with E-state index in [1.165, 1.54) is 11.3 Å². The number of aromatic nitrogens is 5. The molecule has 0 amide bonds. The van der Waals surface area contributed by atoms with E-state index in [1.807, 2.05) is 24.3 Å². The maximum atomic E-state index is 12.4. The summed E-state index contributed by atoms with van der Waals surface area (Å²) < 4.78 is 8.35. The fraction of sp³-hybridized carbons (Fsp3) is 0.294. The number of thiol groups is 1. The van der Waals surface area contributed by atoms with Crippen LogP contribution in [0.25, 0.3) is 32.2 Å². The highest BCUT2D eigenvalue weighted by Crippen LogP contribution is 2.39. The normalized spacial score (nSPS) is 24.7. The van der Waals surface area contributed by atoms with Crippen molar-refractivity contribution >= 4 is 51.3 Å². The Labute approximate surface area is 172 Å². The summed E-state index contributed by atoms with van der Waals surface area (Å²) in [7, 11) is 0. The molecular formula is C17H16N6O4S2. The first kappa shape index (κ1) is 18.5. The fourth-order valence-corrected chi connectivity index (χ4v) is 4.80. The molecule has 0 spiro atoms. The van der Waals surface area contributed by atoms with Crippen LogP contribution in [0.4, 0.5) is 5.95 Å². The summed E-state index contributed by atoms with van der Waals surface area (Å²) in [5, 5.41) is 19.7. The van der Waals surface area contributed by atoms with E-state index in [2.05, 4.69) is 32.6 Å². The van der Waals surface area contributed by atoms with Gasteiger partial charge in [-0.05, 0) is 12.1 Å². The Balaban J connectivity index is 1.79. The van der Waals surface area contributed by atoms with Crippen molar-refractivity contribution in [3.05, 3.63) is 34.6 Å². The first-order valence-corrected chi connectivity index (χ1v) is 10.1. The maximum absolute atomic E-state index is 12.4. The van der Waals surface area contributed by atoms with Crippen molar-refractivity contribution in [2.75, 3.05) is 12.3 Å². The molecule has 1 aliphatic rings. The number of aromatic amines is 1. The van der Waals surface area contributed by atoms with Gasteiger partial charge in [-0.3, -0.25) is 14.3 Å². The van der Waals surface area contributed by atoms with Crippen LogP contribution in [0.2, 0.25) is 0 Å². The average molecular weight is 432 g/mol. The van der Waals surface area contributed by atoms with Gasteiger partial charge in [-0.2, -0.15) is 17.6 Å². The fourth-order valence-electron chi connectivity index (χ4n) is 3.45. The van der Waals surface area contributed by atoms with Gasteiger partial charge in [0.2, 0.25) is 5.95 Å². The van der Waals surface area contributed by atoms with Crippen molar-refractivity contribution in [1.82, 2.24) is 24.5 Å². The van der Waals surface area contributed by atoms with Gasteiger partial charge in [-0.25, -0.2) is 9.97 Å². The molecule has 5 N–H and O–H groups in total. The molecule has 150 valence electrons. The molecule has 0 radical (unpaired) electrons. The Kier molecular flexibility index (Phi) is 4.33. The van der Waals surface area contributed by atoms with Gasteiger partial charge in [0.1, 0.15) is 6.10 Å². The lowest BCUT2D eigenvalue weighted by molar-refractivity contribution is -0.0425. The molecule has 10 nitrogen and oxygen atoms in total. The van der Waals surface area contributed by atoms with Gasteiger partial charge in [0, 0.05) is 0 Å². The summed E-state index contributed by atoms with van der Waals surface area (Å²) in [6.07, 6.45) is -2.69. The van der Waals surface area contributed by atoms with E-state index in [4.69, 9.17) is 10.5 Å². The van der Waals surface area contributed by atoms with Crippen molar-refractivity contribution in [3.8, 4) is 10.8 Å². The molecule has 1 fully saturated rings. The van der Waals surface area contributed by atoms with Crippen LogP contribution < -0.4 is 11.3 Å². The zero-order valence-corrected chi connectivity index (χ0v) is 16.5. The van der Waals surface area contributed by atoms with Crippen molar-refractivity contribution in [3.63, 3.8) is 0 Å². The largest absolute Gasteiger partial charge is 0.394 e. The summed E-state index contributed by atoms with van der Waals surface area (Å²) in [6.45, 7) is -0.381. The van der Waals surface area contributed by atoms with Crippen LogP contribution in [0, 0.1) is 0 Å². The summed E-state index contributed by atoms with van der Waals surface area (Å²) in [6, 6.07) is 7.61. The van der Waals surface area contributed by atoms with E-state index in [0.29, 0.717) is 10.8 Å². The quantitative estimate of drug-likeness (QED) is 0.294. The van der Waals surface area contributed by atoms with Crippen LogP contribution in [0.3, 0.4) is 0 Å². The number of imidazole rings is 1. The van der Waals surface area contributed by atoms with Crippen LogP contribution in [0.1, 0.15) is 6.23 Å². The number of aliphatic hydroxyl groups excluding tert-OH is 2. The molecule has 0 aliphatic carbocycles. The summed E-state index contributed by atoms with van der Waals surface area (Å²) >= 11 is 5.87. The molecule has 0 bridgehead atoms. The number of anilines is 1. The van der Waals surface area contributed by atoms with Gasteiger partial charge in [0.25, 0.3) is 5.56 Å². The molecule has 29 heavy (non-hydrogen) atoms. The number of para-hydroxylation sites is 1. The number of nitrogens with zero attached hydrogens (tertiary/aromatic N) is 4. The molecule has 4 atom stereocenters. The lowest BCUT2D eigenvalue weighted by Crippen LogP contribution is -2.30. The van der Waals surface area contributed by atoms with Gasteiger partial charge in [-0.1, -0.05) is 12.1 Å². The summed E-state index contributed by atoms with van der Waals surface area (Å²) in [5.41, 5.74) is 6.29. The Bertz CT molecular complexity index is 1250. The second kappa shape index (κ2) is 6.78. The first-order chi connectivity index (χ1) is 14.0. The molecule has 1 aromatic carbocycles. The molecule has 0 unspecified atom stereocenters. The maximum Gasteiger partial charge on any atom is 0.280 e. The van der Waals surface area contributed by atoms with Gasteiger partial charge in [0.05, 0.1) is 28.2 Å². The second-order valence-corrected chi connectivity index (χ2v) is 8.27. The predicted molar refractivity (Wildman–Crippen MR) is 111 cm³/mol. The number of nitrogen functional groups attached to an aromatic ring is 1. The molecule has 1 saturated heterocycles. The number of hydrogen-bond acceptors (Lipinski definition) is 10. The van der Waals surface area contributed by atoms with E-state index in [9.17, 15) is 15.0 Å². The van der Waals surface area contributed by atoms with E-state index < -0.39 is 29.2 Å². The third-order valence-electron chi connectivity index (χ3n) is 4.83. The van der Waals surface area contributed by atoms with Gasteiger partial charge < -0.3 is 20.7 Å². The number of nitrogens with one attached hydrogen (secondary N) is 1. The Morgan fingerprint density at radius 3 is 2.83 bits per heavy atom. The zero-order valence-electron chi connectivity index (χ0n) is 14.8. The lowest BCUT2D eigenvalue weighted by Gasteiger charge is -2.19. The van der Waals surface area contributed by atoms with Crippen molar-refractivity contribution in [2.45, 2.75) is 23.7 Å². The van der Waals surface area contributed by atoms with Gasteiger partial charge >= 0.3 is 0 Å². The minimum atomic E-state index is -1.02. The Hall–Kier alpha value is -2.51. The van der Waals surface area contributed by atoms with Gasteiger partial charge in [-0.15, -0.1) is 11.3 Å². The molecule has 4 heterocycles. The molecule has 3 aromatic heterocycles. The zero-order chi connectivity index (χ0) is 20.3. The van der Waals surface area contributed by atoms with Crippen LogP contribution >= 0.6 is 24.0 Å². The smallest absolute Gasteiger partial charge is 0.280 e. The van der Waals surface area contributed by atoms with E-state index >= 15 is 0 Å². The second-order valence-electron chi connectivity index (χ2n) is 6.64. The van der Waals surface area contributed by atoms with E-state index in [0.717, 1.165) is 10.2 Å². The van der Waals surface area contributed by atoms with Crippen molar-refractivity contribution < 1.29 is 14.9 Å². The van der Waals surface area contributed by atoms with E-state index in [-0.39, 0.29) is 23.7 Å². The highest BCUT2D eigenvalue weighted by atomic mass is 32.1. The summed E-state index contributed by atoms with van der Waals surface area (Å²) in [4.78, 5) is 28.2. The van der Waals surface area contributed by atoms with Crippen LogP contribution in [0.15, 0.2) is 29.1 Å². The van der Waals surface area contributed by atoms with Crippen LogP contribution in [0.5, 0.6) is 0 Å².